The van der Waals surface area contributed by atoms with E-state index in [0.29, 0.717) is 71.1 Å². The molecule has 0 bridgehead atoms. The van der Waals surface area contributed by atoms with Gasteiger partial charge in [-0.2, -0.15) is 0 Å². The fourth-order valence-corrected chi connectivity index (χ4v) is 5.49. The van der Waals surface area contributed by atoms with Crippen molar-refractivity contribution in [3.8, 4) is 17.2 Å². The lowest BCUT2D eigenvalue weighted by atomic mass is 10.1. The summed E-state index contributed by atoms with van der Waals surface area (Å²) in [4.78, 5) is 22.2. The third-order valence-corrected chi connectivity index (χ3v) is 7.35. The summed E-state index contributed by atoms with van der Waals surface area (Å²) in [6.07, 6.45) is 1.15. The number of likely N-dealkylation sites (N-methyl/N-ethyl adjacent to an activating group) is 1. The third kappa shape index (κ3) is 6.26. The van der Waals surface area contributed by atoms with E-state index >= 15 is 0 Å². The number of ether oxygens (including phenoxy) is 3. The van der Waals surface area contributed by atoms with Crippen LogP contribution in [0, 0.1) is 0 Å². The zero-order valence-corrected chi connectivity index (χ0v) is 23.2. The van der Waals surface area contributed by atoms with Crippen LogP contribution in [0.15, 0.2) is 35.2 Å². The Balaban J connectivity index is 2.14. The molecule has 36 heavy (non-hydrogen) atoms. The Hall–Kier alpha value is -2.89. The monoisotopic (exact) mass is 535 g/mol. The second kappa shape index (κ2) is 11.9. The summed E-state index contributed by atoms with van der Waals surface area (Å²) in [5.41, 5.74) is 0.714. The van der Waals surface area contributed by atoms with Crippen molar-refractivity contribution in [2.24, 2.45) is 0 Å². The molecule has 0 atom stereocenters. The number of rotatable bonds is 12. The van der Waals surface area contributed by atoms with Gasteiger partial charge in [0.05, 0.1) is 29.4 Å². The Bertz CT molecular complexity index is 1290. The SMILES string of the molecule is CCOc1cc(C(=O)N(CCN(C)C)c2nc3c(S(C)(=O)=O)cccc3s2)cc(OCC)c1OCC. The molecule has 3 rings (SSSR count). The van der Waals surface area contributed by atoms with Crippen LogP contribution < -0.4 is 19.1 Å². The van der Waals surface area contributed by atoms with Crippen LogP contribution in [0.3, 0.4) is 0 Å². The van der Waals surface area contributed by atoms with Crippen molar-refractivity contribution >= 4 is 42.4 Å². The molecular weight excluding hydrogens is 502 g/mol. The molecule has 0 radical (unpaired) electrons. The summed E-state index contributed by atoms with van der Waals surface area (Å²) in [6.45, 7) is 7.69. The minimum Gasteiger partial charge on any atom is -0.490 e. The molecule has 3 aromatic rings. The van der Waals surface area contributed by atoms with Gasteiger partial charge in [0.1, 0.15) is 5.52 Å². The molecule has 9 nitrogen and oxygen atoms in total. The molecule has 0 N–H and O–H groups in total. The van der Waals surface area contributed by atoms with Crippen molar-refractivity contribution in [2.75, 3.05) is 58.2 Å². The number of carbonyl (C=O) groups is 1. The van der Waals surface area contributed by atoms with E-state index in [1.807, 2.05) is 39.8 Å². The second-order valence-electron chi connectivity index (χ2n) is 8.23. The quantitative estimate of drug-likeness (QED) is 0.342. The van der Waals surface area contributed by atoms with Gasteiger partial charge in [0.25, 0.3) is 5.91 Å². The van der Waals surface area contributed by atoms with Gasteiger partial charge in [-0.3, -0.25) is 9.69 Å². The van der Waals surface area contributed by atoms with Crippen LogP contribution in [-0.4, -0.2) is 77.5 Å². The van der Waals surface area contributed by atoms with Gasteiger partial charge >= 0.3 is 0 Å². The van der Waals surface area contributed by atoms with E-state index < -0.39 is 9.84 Å². The highest BCUT2D eigenvalue weighted by Gasteiger charge is 2.26. The van der Waals surface area contributed by atoms with Crippen molar-refractivity contribution in [3.63, 3.8) is 0 Å². The molecule has 0 spiro atoms. The zero-order valence-electron chi connectivity index (χ0n) is 21.5. The number of fused-ring (bicyclic) bond motifs is 1. The lowest BCUT2D eigenvalue weighted by Crippen LogP contribution is -2.36. The number of hydrogen-bond donors (Lipinski definition) is 0. The highest BCUT2D eigenvalue weighted by Crippen LogP contribution is 2.40. The molecule has 1 aromatic heterocycles. The Kier molecular flexibility index (Phi) is 9.15. The number of para-hydroxylation sites is 1. The maximum atomic E-state index is 13.9. The zero-order chi connectivity index (χ0) is 26.5. The average molecular weight is 536 g/mol. The van der Waals surface area contributed by atoms with E-state index in [2.05, 4.69) is 4.98 Å². The first-order chi connectivity index (χ1) is 17.1. The number of benzene rings is 2. The van der Waals surface area contributed by atoms with E-state index in [1.165, 1.54) is 17.4 Å². The van der Waals surface area contributed by atoms with E-state index in [0.717, 1.165) is 6.26 Å². The first-order valence-electron chi connectivity index (χ1n) is 11.7. The molecule has 1 heterocycles. The topological polar surface area (TPSA) is 98.3 Å². The van der Waals surface area contributed by atoms with Gasteiger partial charge in [0, 0.05) is 24.9 Å². The van der Waals surface area contributed by atoms with Crippen LogP contribution in [0.1, 0.15) is 31.1 Å². The number of sulfone groups is 1. The highest BCUT2D eigenvalue weighted by atomic mass is 32.2. The van der Waals surface area contributed by atoms with E-state index in [1.54, 1.807) is 29.2 Å². The number of carbonyl (C=O) groups excluding carboxylic acids is 1. The van der Waals surface area contributed by atoms with Crippen LogP contribution in [-0.2, 0) is 9.84 Å². The standard InChI is InChI=1S/C25H33N3O6S2/c1-7-32-18-15-17(16-19(33-8-2)23(18)34-9-3)24(29)28(14-13-27(4)5)25-26-22-20(35-25)11-10-12-21(22)36(6,30)31/h10-12,15-16H,7-9,13-14H2,1-6H3. The molecule has 0 fully saturated rings. The van der Waals surface area contributed by atoms with Gasteiger partial charge in [-0.05, 0) is 59.1 Å². The van der Waals surface area contributed by atoms with Gasteiger partial charge < -0.3 is 19.1 Å². The number of anilines is 1. The van der Waals surface area contributed by atoms with Crippen LogP contribution in [0.5, 0.6) is 17.2 Å². The molecule has 0 unspecified atom stereocenters. The summed E-state index contributed by atoms with van der Waals surface area (Å²) >= 11 is 1.27. The van der Waals surface area contributed by atoms with Gasteiger partial charge in [-0.1, -0.05) is 17.4 Å². The van der Waals surface area contributed by atoms with E-state index in [-0.39, 0.29) is 10.8 Å². The molecule has 196 valence electrons. The van der Waals surface area contributed by atoms with Crippen molar-refractivity contribution in [1.82, 2.24) is 9.88 Å². The largest absolute Gasteiger partial charge is 0.490 e. The average Bonchev–Trinajstić information content (AvgIpc) is 3.24. The van der Waals surface area contributed by atoms with Crippen molar-refractivity contribution in [2.45, 2.75) is 25.7 Å². The van der Waals surface area contributed by atoms with E-state index in [9.17, 15) is 13.2 Å². The van der Waals surface area contributed by atoms with Crippen molar-refractivity contribution in [1.29, 1.82) is 0 Å². The lowest BCUT2D eigenvalue weighted by molar-refractivity contribution is 0.0984. The number of hydrogen-bond acceptors (Lipinski definition) is 9. The molecular formula is C25H33N3O6S2. The second-order valence-corrected chi connectivity index (χ2v) is 11.2. The molecule has 0 aliphatic heterocycles. The summed E-state index contributed by atoms with van der Waals surface area (Å²) in [5, 5.41) is 0.415. The molecule has 0 saturated carbocycles. The normalized spacial score (nSPS) is 11.6. The fourth-order valence-electron chi connectivity index (χ4n) is 3.58. The van der Waals surface area contributed by atoms with Gasteiger partial charge in [-0.15, -0.1) is 0 Å². The maximum absolute atomic E-state index is 13.9. The fraction of sp³-hybridized carbons (Fsp3) is 0.440. The third-order valence-electron chi connectivity index (χ3n) is 5.17. The molecule has 0 aliphatic carbocycles. The first-order valence-corrected chi connectivity index (χ1v) is 14.4. The summed E-state index contributed by atoms with van der Waals surface area (Å²) in [7, 11) is 0.345. The molecule has 0 saturated heterocycles. The van der Waals surface area contributed by atoms with Crippen LogP contribution >= 0.6 is 11.3 Å². The minimum absolute atomic E-state index is 0.140. The van der Waals surface area contributed by atoms with Crippen molar-refractivity contribution in [3.05, 3.63) is 35.9 Å². The van der Waals surface area contributed by atoms with Crippen LogP contribution in [0.2, 0.25) is 0 Å². The number of amides is 1. The molecule has 0 aliphatic rings. The first kappa shape index (κ1) is 27.7. The Morgan fingerprint density at radius 1 is 0.972 bits per heavy atom. The van der Waals surface area contributed by atoms with E-state index in [4.69, 9.17) is 14.2 Å². The van der Waals surface area contributed by atoms with Crippen LogP contribution in [0.4, 0.5) is 5.13 Å². The Morgan fingerprint density at radius 2 is 1.58 bits per heavy atom. The smallest absolute Gasteiger partial charge is 0.260 e. The predicted molar refractivity (Wildman–Crippen MR) is 143 cm³/mol. The molecule has 11 heteroatoms. The summed E-state index contributed by atoms with van der Waals surface area (Å²) in [5.74, 6) is 0.992. The van der Waals surface area contributed by atoms with Crippen molar-refractivity contribution < 1.29 is 27.4 Å². The Labute approximate surface area is 216 Å². The summed E-state index contributed by atoms with van der Waals surface area (Å²) in [6, 6.07) is 8.32. The van der Waals surface area contributed by atoms with Gasteiger partial charge in [-0.25, -0.2) is 13.4 Å². The minimum atomic E-state index is -3.49. The maximum Gasteiger partial charge on any atom is 0.260 e. The highest BCUT2D eigenvalue weighted by molar-refractivity contribution is 7.91. The molecule has 1 amide bonds. The van der Waals surface area contributed by atoms with Gasteiger partial charge in [0.2, 0.25) is 5.75 Å². The predicted octanol–water partition coefficient (Wildman–Crippen LogP) is 4.10. The summed E-state index contributed by atoms with van der Waals surface area (Å²) < 4.78 is 42.7. The molecule has 2 aromatic carbocycles. The number of thiazole rings is 1. The Morgan fingerprint density at radius 3 is 2.11 bits per heavy atom. The van der Waals surface area contributed by atoms with Crippen LogP contribution in [0.25, 0.3) is 10.2 Å². The lowest BCUT2D eigenvalue weighted by Gasteiger charge is -2.23. The number of aromatic nitrogens is 1. The number of nitrogens with zero attached hydrogens (tertiary/aromatic N) is 3. The van der Waals surface area contributed by atoms with Gasteiger partial charge in [0.15, 0.2) is 26.5 Å².